The van der Waals surface area contributed by atoms with E-state index < -0.39 is 0 Å². The lowest BCUT2D eigenvalue weighted by atomic mass is 10.0. The van der Waals surface area contributed by atoms with Gasteiger partial charge < -0.3 is 9.80 Å². The molecule has 2 aliphatic rings. The molecule has 0 unspecified atom stereocenters. The average molecular weight is 341 g/mol. The van der Waals surface area contributed by atoms with Crippen LogP contribution < -0.4 is 0 Å². The second-order valence-electron chi connectivity index (χ2n) is 7.03. The Morgan fingerprint density at radius 3 is 2.60 bits per heavy atom. The van der Waals surface area contributed by atoms with Crippen molar-refractivity contribution in [2.24, 2.45) is 5.92 Å². The Bertz CT molecular complexity index is 609. The van der Waals surface area contributed by atoms with Crippen molar-refractivity contribution in [1.82, 2.24) is 14.8 Å². The summed E-state index contributed by atoms with van der Waals surface area (Å²) in [6.45, 7) is 2.75. The first-order chi connectivity index (χ1) is 12.2. The van der Waals surface area contributed by atoms with E-state index >= 15 is 0 Å². The molecule has 0 bridgehead atoms. The number of carbonyl (C=O) groups excluding carboxylic acids is 2. The lowest BCUT2D eigenvalue weighted by molar-refractivity contribution is -0.132. The number of hydrogen-bond donors (Lipinski definition) is 0. The fraction of sp³-hybridized carbons (Fsp3) is 0.550. The maximum atomic E-state index is 12.5. The summed E-state index contributed by atoms with van der Waals surface area (Å²) in [4.78, 5) is 32.7. The molecule has 1 saturated heterocycles. The largest absolute Gasteiger partial charge is 0.341 e. The van der Waals surface area contributed by atoms with Crippen molar-refractivity contribution in [1.29, 1.82) is 0 Å². The number of nitrogens with zero attached hydrogens (tertiary/aromatic N) is 3. The van der Waals surface area contributed by atoms with Crippen LogP contribution >= 0.6 is 0 Å². The van der Waals surface area contributed by atoms with Gasteiger partial charge >= 0.3 is 0 Å². The first-order valence-electron chi connectivity index (χ1n) is 9.37. The molecule has 3 rings (SSSR count). The van der Waals surface area contributed by atoms with E-state index in [2.05, 4.69) is 4.98 Å². The van der Waals surface area contributed by atoms with E-state index in [-0.39, 0.29) is 11.8 Å². The minimum atomic E-state index is 0.00828. The van der Waals surface area contributed by atoms with Gasteiger partial charge in [0.25, 0.3) is 0 Å². The molecule has 2 fully saturated rings. The third-order valence-electron chi connectivity index (χ3n) is 5.20. The summed E-state index contributed by atoms with van der Waals surface area (Å²) < 4.78 is 0. The van der Waals surface area contributed by atoms with Crippen LogP contribution in [0.5, 0.6) is 0 Å². The molecule has 1 aliphatic heterocycles. The van der Waals surface area contributed by atoms with Gasteiger partial charge in [-0.25, -0.2) is 0 Å². The fourth-order valence-corrected chi connectivity index (χ4v) is 3.73. The molecular weight excluding hydrogens is 314 g/mol. The van der Waals surface area contributed by atoms with E-state index in [0.717, 1.165) is 18.5 Å². The molecule has 1 aromatic heterocycles. The number of amides is 2. The van der Waals surface area contributed by atoms with Crippen molar-refractivity contribution in [3.63, 3.8) is 0 Å². The van der Waals surface area contributed by atoms with E-state index in [1.54, 1.807) is 24.5 Å². The van der Waals surface area contributed by atoms with Crippen LogP contribution in [-0.2, 0) is 9.59 Å². The molecule has 25 heavy (non-hydrogen) atoms. The molecule has 0 N–H and O–H groups in total. The highest BCUT2D eigenvalue weighted by Gasteiger charge is 2.24. The van der Waals surface area contributed by atoms with Crippen LogP contribution in [0.25, 0.3) is 6.08 Å². The van der Waals surface area contributed by atoms with Crippen LogP contribution in [0.4, 0.5) is 0 Å². The molecule has 134 valence electrons. The third-order valence-corrected chi connectivity index (χ3v) is 5.20. The summed E-state index contributed by atoms with van der Waals surface area (Å²) in [7, 11) is 0. The van der Waals surface area contributed by atoms with E-state index in [1.165, 1.54) is 25.7 Å². The summed E-state index contributed by atoms with van der Waals surface area (Å²) in [5.74, 6) is 0.858. The highest BCUT2D eigenvalue weighted by atomic mass is 16.2. The Kier molecular flexibility index (Phi) is 6.20. The van der Waals surface area contributed by atoms with Gasteiger partial charge in [-0.1, -0.05) is 18.9 Å². The maximum absolute atomic E-state index is 12.5. The SMILES string of the molecule is O=C(/C=C/c1cccnc1)N1CCCN(C(=O)CC2CCCC2)CC1. The topological polar surface area (TPSA) is 53.5 Å². The summed E-state index contributed by atoms with van der Waals surface area (Å²) in [6.07, 6.45) is 13.3. The molecule has 0 aromatic carbocycles. The predicted octanol–water partition coefficient (Wildman–Crippen LogP) is 2.74. The predicted molar refractivity (Wildman–Crippen MR) is 97.6 cm³/mol. The van der Waals surface area contributed by atoms with Gasteiger partial charge in [0.05, 0.1) is 0 Å². The fourth-order valence-electron chi connectivity index (χ4n) is 3.73. The maximum Gasteiger partial charge on any atom is 0.246 e. The molecule has 5 heteroatoms. The van der Waals surface area contributed by atoms with Gasteiger partial charge in [-0.2, -0.15) is 0 Å². The number of rotatable bonds is 4. The normalized spacial score (nSPS) is 19.4. The highest BCUT2D eigenvalue weighted by Crippen LogP contribution is 2.28. The molecule has 1 saturated carbocycles. The van der Waals surface area contributed by atoms with Gasteiger partial charge in [-0.3, -0.25) is 14.6 Å². The lowest BCUT2D eigenvalue weighted by Crippen LogP contribution is -2.37. The summed E-state index contributed by atoms with van der Waals surface area (Å²) >= 11 is 0. The van der Waals surface area contributed by atoms with Crippen LogP contribution in [0.3, 0.4) is 0 Å². The van der Waals surface area contributed by atoms with Gasteiger partial charge in [-0.15, -0.1) is 0 Å². The van der Waals surface area contributed by atoms with Crippen molar-refractivity contribution in [2.75, 3.05) is 26.2 Å². The number of pyridine rings is 1. The van der Waals surface area contributed by atoms with E-state index in [1.807, 2.05) is 21.9 Å². The molecule has 0 radical (unpaired) electrons. The molecule has 2 amide bonds. The minimum absolute atomic E-state index is 0.00828. The van der Waals surface area contributed by atoms with Crippen LogP contribution in [0.2, 0.25) is 0 Å². The Hall–Kier alpha value is -2.17. The second-order valence-corrected chi connectivity index (χ2v) is 7.03. The number of carbonyl (C=O) groups is 2. The Morgan fingerprint density at radius 1 is 1.08 bits per heavy atom. The third kappa shape index (κ3) is 5.15. The number of hydrogen-bond acceptors (Lipinski definition) is 3. The second kappa shape index (κ2) is 8.79. The Balaban J connectivity index is 1.49. The van der Waals surface area contributed by atoms with Crippen molar-refractivity contribution in [3.8, 4) is 0 Å². The summed E-state index contributed by atoms with van der Waals surface area (Å²) in [6, 6.07) is 3.77. The van der Waals surface area contributed by atoms with Gasteiger partial charge in [0.2, 0.25) is 11.8 Å². The summed E-state index contributed by atoms with van der Waals surface area (Å²) in [5.41, 5.74) is 0.916. The van der Waals surface area contributed by atoms with E-state index in [9.17, 15) is 9.59 Å². The van der Waals surface area contributed by atoms with Crippen molar-refractivity contribution < 1.29 is 9.59 Å². The lowest BCUT2D eigenvalue weighted by Gasteiger charge is -2.22. The van der Waals surface area contributed by atoms with E-state index in [0.29, 0.717) is 32.0 Å². The van der Waals surface area contributed by atoms with Crippen molar-refractivity contribution in [3.05, 3.63) is 36.2 Å². The van der Waals surface area contributed by atoms with Crippen molar-refractivity contribution in [2.45, 2.75) is 38.5 Å². The van der Waals surface area contributed by atoms with Crippen LogP contribution in [-0.4, -0.2) is 52.8 Å². The van der Waals surface area contributed by atoms with E-state index in [4.69, 9.17) is 0 Å². The molecule has 5 nitrogen and oxygen atoms in total. The first kappa shape index (κ1) is 17.6. The smallest absolute Gasteiger partial charge is 0.246 e. The zero-order valence-corrected chi connectivity index (χ0v) is 14.8. The van der Waals surface area contributed by atoms with Gasteiger partial charge in [-0.05, 0) is 42.9 Å². The monoisotopic (exact) mass is 341 g/mol. The van der Waals surface area contributed by atoms with Gasteiger partial charge in [0.1, 0.15) is 0 Å². The highest BCUT2D eigenvalue weighted by molar-refractivity contribution is 5.91. The van der Waals surface area contributed by atoms with Crippen LogP contribution in [0.1, 0.15) is 44.1 Å². The molecule has 0 atom stereocenters. The molecule has 0 spiro atoms. The Labute approximate surface area is 149 Å². The molecule has 1 aliphatic carbocycles. The minimum Gasteiger partial charge on any atom is -0.341 e. The van der Waals surface area contributed by atoms with Crippen LogP contribution in [0, 0.1) is 5.92 Å². The molecule has 1 aromatic rings. The average Bonchev–Trinajstić information content (AvgIpc) is 3.01. The Morgan fingerprint density at radius 2 is 1.84 bits per heavy atom. The quantitative estimate of drug-likeness (QED) is 0.791. The first-order valence-corrected chi connectivity index (χ1v) is 9.37. The van der Waals surface area contributed by atoms with Gasteiger partial charge in [0.15, 0.2) is 0 Å². The number of aromatic nitrogens is 1. The standard InChI is InChI=1S/C20H27N3O2/c24-19(9-8-18-7-3-10-21-16-18)22-11-4-12-23(14-13-22)20(25)15-17-5-1-2-6-17/h3,7-10,16-17H,1-2,4-6,11-15H2/b9-8+. The zero-order chi connectivity index (χ0) is 17.5. The summed E-state index contributed by atoms with van der Waals surface area (Å²) in [5, 5.41) is 0. The molecular formula is C20H27N3O2. The van der Waals surface area contributed by atoms with Crippen molar-refractivity contribution >= 4 is 17.9 Å². The van der Waals surface area contributed by atoms with Crippen LogP contribution in [0.15, 0.2) is 30.6 Å². The molecule has 2 heterocycles. The zero-order valence-electron chi connectivity index (χ0n) is 14.8. The van der Waals surface area contributed by atoms with Gasteiger partial charge in [0, 0.05) is 51.1 Å².